The molecule has 0 fully saturated rings. The fraction of sp³-hybridized carbons (Fsp3) is 0.182. The van der Waals surface area contributed by atoms with E-state index in [2.05, 4.69) is 9.97 Å². The Morgan fingerprint density at radius 1 is 0.879 bits per heavy atom. The number of aromatic carboxylic acids is 1. The van der Waals surface area contributed by atoms with Crippen molar-refractivity contribution in [3.05, 3.63) is 94.6 Å². The highest BCUT2D eigenvalue weighted by Crippen LogP contribution is 2.39. The van der Waals surface area contributed by atoms with E-state index >= 15 is 0 Å². The minimum Gasteiger partial charge on any atom is -0.477 e. The van der Waals surface area contributed by atoms with E-state index in [-0.39, 0.29) is 16.8 Å². The van der Waals surface area contributed by atoms with Gasteiger partial charge in [0.25, 0.3) is 0 Å². The Balaban J connectivity index is 2.05. The average molecular weight is 468 g/mol. The summed E-state index contributed by atoms with van der Waals surface area (Å²) in [4.78, 5) is 31.1. The van der Waals surface area contributed by atoms with Crippen LogP contribution in [-0.2, 0) is 12.4 Å². The lowest BCUT2D eigenvalue weighted by Gasteiger charge is -2.21. The highest BCUT2D eigenvalue weighted by molar-refractivity contribution is 5.97. The first-order chi connectivity index (χ1) is 15.4. The normalized spacial score (nSPS) is 12.9. The van der Waals surface area contributed by atoms with Crippen LogP contribution in [0.15, 0.2) is 60.9 Å². The monoisotopic (exact) mass is 468 g/mol. The predicted octanol–water partition coefficient (Wildman–Crippen LogP) is 5.62. The van der Waals surface area contributed by atoms with Gasteiger partial charge in [-0.2, -0.15) is 26.3 Å². The Labute approximate surface area is 182 Å². The number of carbonyl (C=O) groups is 2. The van der Waals surface area contributed by atoms with Crippen LogP contribution >= 0.6 is 0 Å². The van der Waals surface area contributed by atoms with Crippen molar-refractivity contribution >= 4 is 11.8 Å². The van der Waals surface area contributed by atoms with Gasteiger partial charge in [-0.1, -0.05) is 12.1 Å². The number of benzene rings is 1. The summed E-state index contributed by atoms with van der Waals surface area (Å²) in [7, 11) is 0. The van der Waals surface area contributed by atoms with Gasteiger partial charge in [-0.05, 0) is 42.0 Å². The summed E-state index contributed by atoms with van der Waals surface area (Å²) in [5.41, 5.74) is -3.02. The molecule has 3 rings (SSSR count). The molecule has 0 aliphatic rings. The lowest BCUT2D eigenvalue weighted by molar-refractivity contribution is -0.139. The minimum atomic E-state index is -4.82. The summed E-state index contributed by atoms with van der Waals surface area (Å²) in [6, 6.07) is 7.48. The second-order valence-electron chi connectivity index (χ2n) is 6.97. The lowest BCUT2D eigenvalue weighted by Crippen LogP contribution is -2.18. The highest BCUT2D eigenvalue weighted by atomic mass is 19.4. The maximum absolute atomic E-state index is 13.6. The highest BCUT2D eigenvalue weighted by Gasteiger charge is 2.37. The van der Waals surface area contributed by atoms with E-state index in [1.807, 2.05) is 0 Å². The average Bonchev–Trinajstić information content (AvgIpc) is 2.76. The second-order valence-corrected chi connectivity index (χ2v) is 6.97. The van der Waals surface area contributed by atoms with Crippen LogP contribution in [0.5, 0.6) is 0 Å². The zero-order valence-corrected chi connectivity index (χ0v) is 16.5. The molecule has 1 N–H and O–H groups in total. The van der Waals surface area contributed by atoms with E-state index in [0.717, 1.165) is 48.8 Å². The topological polar surface area (TPSA) is 80.2 Å². The molecule has 1 atom stereocenters. The molecular formula is C22H14F6N2O3. The van der Waals surface area contributed by atoms with Gasteiger partial charge in [0.2, 0.25) is 0 Å². The van der Waals surface area contributed by atoms with Crippen LogP contribution in [0.4, 0.5) is 26.3 Å². The first-order valence-corrected chi connectivity index (χ1v) is 9.29. The molecular weight excluding hydrogens is 454 g/mol. The molecule has 172 valence electrons. The zero-order valence-electron chi connectivity index (χ0n) is 16.5. The standard InChI is InChI=1S/C22H14F6N2O3/c23-21(24,25)14-6-3-12(4-7-14)15(19-16(22(26,27)28)2-1-9-29-19)10-18(31)13-5-8-17(20(32)33)30-11-13/h1-9,11,15H,10H2,(H,32,33)/t15-/m0/s1. The van der Waals surface area contributed by atoms with E-state index in [0.29, 0.717) is 12.1 Å². The number of hydrogen-bond donors (Lipinski definition) is 1. The molecule has 0 unspecified atom stereocenters. The number of carboxylic acids is 1. The molecule has 11 heteroatoms. The van der Waals surface area contributed by atoms with Crippen LogP contribution < -0.4 is 0 Å². The van der Waals surface area contributed by atoms with Crippen LogP contribution in [0.25, 0.3) is 0 Å². The van der Waals surface area contributed by atoms with Crippen LogP contribution in [0.1, 0.15) is 55.6 Å². The van der Waals surface area contributed by atoms with Crippen molar-refractivity contribution in [2.75, 3.05) is 0 Å². The van der Waals surface area contributed by atoms with Gasteiger partial charge in [-0.15, -0.1) is 0 Å². The predicted molar refractivity (Wildman–Crippen MR) is 103 cm³/mol. The molecule has 33 heavy (non-hydrogen) atoms. The number of halogens is 6. The first kappa shape index (κ1) is 23.9. The number of aromatic nitrogens is 2. The van der Waals surface area contributed by atoms with Crippen LogP contribution in [0, 0.1) is 0 Å². The fourth-order valence-electron chi connectivity index (χ4n) is 3.20. The van der Waals surface area contributed by atoms with Crippen molar-refractivity contribution in [2.24, 2.45) is 0 Å². The number of ketones is 1. The number of alkyl halides is 6. The number of Topliss-reactive ketones (excluding diaryl/α,β-unsaturated/α-hetero) is 1. The summed E-state index contributed by atoms with van der Waals surface area (Å²) >= 11 is 0. The third kappa shape index (κ3) is 5.54. The first-order valence-electron chi connectivity index (χ1n) is 9.29. The second kappa shape index (κ2) is 9.00. The van der Waals surface area contributed by atoms with Gasteiger partial charge in [-0.3, -0.25) is 9.78 Å². The zero-order chi connectivity index (χ0) is 24.4. The number of hydrogen-bond acceptors (Lipinski definition) is 4. The molecule has 0 saturated carbocycles. The number of carbonyl (C=O) groups excluding carboxylic acids is 1. The van der Waals surface area contributed by atoms with Crippen molar-refractivity contribution in [1.29, 1.82) is 0 Å². The Morgan fingerprint density at radius 3 is 2.06 bits per heavy atom. The van der Waals surface area contributed by atoms with Crippen molar-refractivity contribution < 1.29 is 41.0 Å². The van der Waals surface area contributed by atoms with Gasteiger partial charge < -0.3 is 5.11 Å². The molecule has 0 bridgehead atoms. The van der Waals surface area contributed by atoms with Crippen LogP contribution in [-0.4, -0.2) is 26.8 Å². The molecule has 5 nitrogen and oxygen atoms in total. The molecule has 2 aromatic heterocycles. The molecule has 3 aromatic rings. The molecule has 0 aliphatic heterocycles. The van der Waals surface area contributed by atoms with Crippen LogP contribution in [0.2, 0.25) is 0 Å². The Kier molecular flexibility index (Phi) is 6.52. The van der Waals surface area contributed by atoms with E-state index in [9.17, 15) is 35.9 Å². The molecule has 0 amide bonds. The smallest absolute Gasteiger partial charge is 0.418 e. The van der Waals surface area contributed by atoms with Gasteiger partial charge in [0, 0.05) is 30.3 Å². The summed E-state index contributed by atoms with van der Waals surface area (Å²) in [5, 5.41) is 8.90. The summed E-state index contributed by atoms with van der Waals surface area (Å²) < 4.78 is 79.5. The van der Waals surface area contributed by atoms with E-state index in [1.165, 1.54) is 0 Å². The maximum Gasteiger partial charge on any atom is 0.418 e. The number of rotatable bonds is 6. The van der Waals surface area contributed by atoms with Gasteiger partial charge in [-0.25, -0.2) is 9.78 Å². The minimum absolute atomic E-state index is 0.0238. The molecule has 2 heterocycles. The number of pyridine rings is 2. The van der Waals surface area contributed by atoms with E-state index < -0.39 is 53.3 Å². The molecule has 0 spiro atoms. The van der Waals surface area contributed by atoms with Gasteiger partial charge in [0.15, 0.2) is 5.78 Å². The van der Waals surface area contributed by atoms with E-state index in [4.69, 9.17) is 5.11 Å². The molecule has 0 aliphatic carbocycles. The van der Waals surface area contributed by atoms with Gasteiger partial charge >= 0.3 is 18.3 Å². The van der Waals surface area contributed by atoms with Crippen molar-refractivity contribution in [3.8, 4) is 0 Å². The number of carboxylic acid groups (broad SMARTS) is 1. The lowest BCUT2D eigenvalue weighted by atomic mass is 9.86. The van der Waals surface area contributed by atoms with Crippen molar-refractivity contribution in [2.45, 2.75) is 24.7 Å². The number of nitrogens with zero attached hydrogens (tertiary/aromatic N) is 2. The van der Waals surface area contributed by atoms with Crippen molar-refractivity contribution in [3.63, 3.8) is 0 Å². The van der Waals surface area contributed by atoms with Crippen LogP contribution in [0.3, 0.4) is 0 Å². The summed E-state index contributed by atoms with van der Waals surface area (Å²) in [6.45, 7) is 0. The Bertz CT molecular complexity index is 1160. The summed E-state index contributed by atoms with van der Waals surface area (Å²) in [5.74, 6) is -3.35. The quantitative estimate of drug-likeness (QED) is 0.375. The SMILES string of the molecule is O=C(C[C@@H](c1ccc(C(F)(F)F)cc1)c1ncccc1C(F)(F)F)c1ccc(C(=O)O)nc1. The van der Waals surface area contributed by atoms with E-state index in [1.54, 1.807) is 0 Å². The van der Waals surface area contributed by atoms with Gasteiger partial charge in [0.05, 0.1) is 16.8 Å². The molecule has 0 saturated heterocycles. The third-order valence-corrected chi connectivity index (χ3v) is 4.81. The fourth-order valence-corrected chi connectivity index (χ4v) is 3.20. The maximum atomic E-state index is 13.6. The Hall–Kier alpha value is -3.76. The Morgan fingerprint density at radius 2 is 1.55 bits per heavy atom. The van der Waals surface area contributed by atoms with Crippen molar-refractivity contribution in [1.82, 2.24) is 9.97 Å². The third-order valence-electron chi connectivity index (χ3n) is 4.81. The van der Waals surface area contributed by atoms with Gasteiger partial charge in [0.1, 0.15) is 5.69 Å². The molecule has 0 radical (unpaired) electrons. The largest absolute Gasteiger partial charge is 0.477 e. The molecule has 1 aromatic carbocycles. The summed E-state index contributed by atoms with van der Waals surface area (Å²) in [6.07, 6.45) is -7.97.